The van der Waals surface area contributed by atoms with Gasteiger partial charge in [-0.05, 0) is 5.92 Å². The highest BCUT2D eigenvalue weighted by atomic mass is 16.5. The predicted molar refractivity (Wildman–Crippen MR) is 51.2 cm³/mol. The van der Waals surface area contributed by atoms with E-state index in [1.165, 1.54) is 6.92 Å². The number of esters is 1. The molecule has 0 aromatic rings. The molecule has 1 N–H and O–H groups in total. The zero-order valence-corrected chi connectivity index (χ0v) is 8.49. The standard InChI is InChI=1S/C10H18O3/c1-8(2)4-5-10(6-11)7-13-9(3)12/h4-5,8,10-11H,6-7H2,1-3H3/b5-4+/t10-/m1/s1. The van der Waals surface area contributed by atoms with E-state index < -0.39 is 0 Å². The third-order valence-electron chi connectivity index (χ3n) is 1.50. The van der Waals surface area contributed by atoms with Crippen LogP contribution in [0.5, 0.6) is 0 Å². The molecule has 1 atom stereocenters. The van der Waals surface area contributed by atoms with E-state index >= 15 is 0 Å². The van der Waals surface area contributed by atoms with E-state index in [0.29, 0.717) is 5.92 Å². The van der Waals surface area contributed by atoms with E-state index in [0.717, 1.165) is 0 Å². The Morgan fingerprint density at radius 3 is 2.46 bits per heavy atom. The van der Waals surface area contributed by atoms with Crippen molar-refractivity contribution >= 4 is 5.97 Å². The Morgan fingerprint density at radius 2 is 2.08 bits per heavy atom. The van der Waals surface area contributed by atoms with Crippen molar-refractivity contribution in [3.8, 4) is 0 Å². The molecule has 0 saturated carbocycles. The summed E-state index contributed by atoms with van der Waals surface area (Å²) in [5.74, 6) is 0.0640. The molecule has 3 nitrogen and oxygen atoms in total. The molecular weight excluding hydrogens is 168 g/mol. The number of hydrogen-bond donors (Lipinski definition) is 1. The zero-order valence-electron chi connectivity index (χ0n) is 8.49. The fourth-order valence-corrected chi connectivity index (χ4v) is 0.773. The normalized spacial score (nSPS) is 13.6. The molecular formula is C10H18O3. The fraction of sp³-hybridized carbons (Fsp3) is 0.700. The highest BCUT2D eigenvalue weighted by Gasteiger charge is 2.04. The van der Waals surface area contributed by atoms with E-state index in [1.807, 2.05) is 12.2 Å². The summed E-state index contributed by atoms with van der Waals surface area (Å²) in [5.41, 5.74) is 0. The number of rotatable bonds is 5. The first-order valence-electron chi connectivity index (χ1n) is 4.48. The maximum atomic E-state index is 10.5. The maximum absolute atomic E-state index is 10.5. The average Bonchev–Trinajstić information content (AvgIpc) is 2.04. The van der Waals surface area contributed by atoms with Crippen LogP contribution >= 0.6 is 0 Å². The van der Waals surface area contributed by atoms with Crippen LogP contribution in [0.2, 0.25) is 0 Å². The number of allylic oxidation sites excluding steroid dienone is 1. The van der Waals surface area contributed by atoms with E-state index in [9.17, 15) is 4.79 Å². The topological polar surface area (TPSA) is 46.5 Å². The summed E-state index contributed by atoms with van der Waals surface area (Å²) < 4.78 is 4.78. The molecule has 0 radical (unpaired) electrons. The molecule has 0 rings (SSSR count). The summed E-state index contributed by atoms with van der Waals surface area (Å²) in [5, 5.41) is 8.91. The van der Waals surface area contributed by atoms with Crippen molar-refractivity contribution in [3.05, 3.63) is 12.2 Å². The Labute approximate surface area is 79.4 Å². The Hall–Kier alpha value is -0.830. The highest BCUT2D eigenvalue weighted by molar-refractivity contribution is 5.65. The molecule has 0 aliphatic carbocycles. The smallest absolute Gasteiger partial charge is 0.302 e. The van der Waals surface area contributed by atoms with Crippen molar-refractivity contribution in [2.45, 2.75) is 20.8 Å². The van der Waals surface area contributed by atoms with Crippen molar-refractivity contribution in [2.24, 2.45) is 11.8 Å². The molecule has 0 spiro atoms. The molecule has 0 aliphatic rings. The molecule has 13 heavy (non-hydrogen) atoms. The van der Waals surface area contributed by atoms with Crippen molar-refractivity contribution in [3.63, 3.8) is 0 Å². The van der Waals surface area contributed by atoms with Gasteiger partial charge in [0.15, 0.2) is 0 Å². The predicted octanol–water partition coefficient (Wildman–Crippen LogP) is 1.37. The van der Waals surface area contributed by atoms with Gasteiger partial charge in [0.05, 0.1) is 13.2 Å². The van der Waals surface area contributed by atoms with Gasteiger partial charge in [0.1, 0.15) is 0 Å². The van der Waals surface area contributed by atoms with Crippen molar-refractivity contribution in [2.75, 3.05) is 13.2 Å². The van der Waals surface area contributed by atoms with Crippen LogP contribution in [0.15, 0.2) is 12.2 Å². The second-order valence-electron chi connectivity index (χ2n) is 3.37. The van der Waals surface area contributed by atoms with Gasteiger partial charge in [-0.25, -0.2) is 0 Å². The van der Waals surface area contributed by atoms with E-state index in [-0.39, 0.29) is 25.1 Å². The van der Waals surface area contributed by atoms with Gasteiger partial charge < -0.3 is 9.84 Å². The summed E-state index contributed by atoms with van der Waals surface area (Å²) in [6, 6.07) is 0. The van der Waals surface area contributed by atoms with Gasteiger partial charge in [-0.3, -0.25) is 4.79 Å². The molecule has 0 heterocycles. The average molecular weight is 186 g/mol. The fourth-order valence-electron chi connectivity index (χ4n) is 0.773. The van der Waals surface area contributed by atoms with Crippen LogP contribution in [0.4, 0.5) is 0 Å². The van der Waals surface area contributed by atoms with Crippen molar-refractivity contribution in [1.82, 2.24) is 0 Å². The summed E-state index contributed by atoms with van der Waals surface area (Å²) in [6.45, 7) is 5.74. The van der Waals surface area contributed by atoms with E-state index in [4.69, 9.17) is 9.84 Å². The Kier molecular flexibility index (Phi) is 6.24. The molecule has 0 unspecified atom stereocenters. The van der Waals surface area contributed by atoms with Crippen LogP contribution < -0.4 is 0 Å². The van der Waals surface area contributed by atoms with Crippen LogP contribution in [0.3, 0.4) is 0 Å². The Balaban J connectivity index is 3.82. The number of hydrogen-bond acceptors (Lipinski definition) is 3. The van der Waals surface area contributed by atoms with Gasteiger partial charge in [0.2, 0.25) is 0 Å². The summed E-state index contributed by atoms with van der Waals surface area (Å²) in [4.78, 5) is 10.5. The lowest BCUT2D eigenvalue weighted by molar-refractivity contribution is -0.142. The molecule has 0 amide bonds. The molecule has 76 valence electrons. The first-order valence-corrected chi connectivity index (χ1v) is 4.48. The molecule has 0 fully saturated rings. The first-order chi connectivity index (χ1) is 6.06. The van der Waals surface area contributed by atoms with Crippen LogP contribution in [-0.4, -0.2) is 24.3 Å². The Morgan fingerprint density at radius 1 is 1.46 bits per heavy atom. The number of ether oxygens (including phenoxy) is 1. The minimum atomic E-state index is -0.309. The molecule has 0 aromatic heterocycles. The maximum Gasteiger partial charge on any atom is 0.302 e. The largest absolute Gasteiger partial charge is 0.465 e. The van der Waals surface area contributed by atoms with Gasteiger partial charge in [0, 0.05) is 12.8 Å². The third kappa shape index (κ3) is 7.53. The van der Waals surface area contributed by atoms with Crippen LogP contribution in [0, 0.1) is 11.8 Å². The van der Waals surface area contributed by atoms with Crippen molar-refractivity contribution < 1.29 is 14.6 Å². The second kappa shape index (κ2) is 6.66. The van der Waals surface area contributed by atoms with Crippen LogP contribution in [0.1, 0.15) is 20.8 Å². The highest BCUT2D eigenvalue weighted by Crippen LogP contribution is 2.03. The minimum Gasteiger partial charge on any atom is -0.465 e. The van der Waals surface area contributed by atoms with Gasteiger partial charge >= 0.3 is 5.97 Å². The minimum absolute atomic E-state index is 0.0104. The molecule has 3 heteroatoms. The summed E-state index contributed by atoms with van der Waals surface area (Å²) >= 11 is 0. The lowest BCUT2D eigenvalue weighted by Gasteiger charge is -2.09. The third-order valence-corrected chi connectivity index (χ3v) is 1.50. The molecule has 0 saturated heterocycles. The lowest BCUT2D eigenvalue weighted by Crippen LogP contribution is -2.13. The molecule has 0 bridgehead atoms. The number of aliphatic hydroxyl groups excluding tert-OH is 1. The monoisotopic (exact) mass is 186 g/mol. The summed E-state index contributed by atoms with van der Waals surface area (Å²) in [6.07, 6.45) is 3.87. The van der Waals surface area contributed by atoms with E-state index in [1.54, 1.807) is 0 Å². The number of carbonyl (C=O) groups is 1. The second-order valence-corrected chi connectivity index (χ2v) is 3.37. The van der Waals surface area contributed by atoms with Gasteiger partial charge in [0.25, 0.3) is 0 Å². The van der Waals surface area contributed by atoms with Gasteiger partial charge in [-0.2, -0.15) is 0 Å². The first kappa shape index (κ1) is 12.2. The summed E-state index contributed by atoms with van der Waals surface area (Å²) in [7, 11) is 0. The van der Waals surface area contributed by atoms with Gasteiger partial charge in [-0.1, -0.05) is 26.0 Å². The zero-order chi connectivity index (χ0) is 10.3. The molecule has 0 aliphatic heterocycles. The number of aliphatic hydroxyl groups is 1. The quantitative estimate of drug-likeness (QED) is 0.521. The van der Waals surface area contributed by atoms with Crippen molar-refractivity contribution in [1.29, 1.82) is 0 Å². The SMILES string of the molecule is CC(=O)OC[C@H](/C=C/C(C)C)CO. The molecule has 0 aromatic carbocycles. The number of carbonyl (C=O) groups excluding carboxylic acids is 1. The Bertz CT molecular complexity index is 173. The van der Waals surface area contributed by atoms with Crippen LogP contribution in [-0.2, 0) is 9.53 Å². The lowest BCUT2D eigenvalue weighted by atomic mass is 10.1. The van der Waals surface area contributed by atoms with Crippen LogP contribution in [0.25, 0.3) is 0 Å². The van der Waals surface area contributed by atoms with E-state index in [2.05, 4.69) is 13.8 Å². The van der Waals surface area contributed by atoms with Gasteiger partial charge in [-0.15, -0.1) is 0 Å².